The normalized spacial score (nSPS) is 14.6. The molecule has 0 atom stereocenters. The van der Waals surface area contributed by atoms with Crippen molar-refractivity contribution in [3.63, 3.8) is 0 Å². The Morgan fingerprint density at radius 1 is 1.38 bits per heavy atom. The smallest absolute Gasteiger partial charge is 0.185 e. The third kappa shape index (κ3) is 5.21. The fourth-order valence-corrected chi connectivity index (χ4v) is 3.23. The van der Waals surface area contributed by atoms with E-state index in [0.29, 0.717) is 12.6 Å². The lowest BCUT2D eigenvalue weighted by Crippen LogP contribution is -2.27. The SMILES string of the molecule is CCOCCN(CC)c1nc(COC)c(CNC2CC2)s1. The summed E-state index contributed by atoms with van der Waals surface area (Å²) in [7, 11) is 1.73. The standard InChI is InChI=1S/C15H27N3O2S/c1-4-18(8-9-20-5-2)15-17-13(11-19-3)14(21-15)10-16-12-6-7-12/h12,16H,4-11H2,1-3H3. The highest BCUT2D eigenvalue weighted by molar-refractivity contribution is 7.15. The number of likely N-dealkylation sites (N-methyl/N-ethyl adjacent to an activating group) is 1. The first kappa shape index (κ1) is 16.7. The van der Waals surface area contributed by atoms with Crippen molar-refractivity contribution in [1.82, 2.24) is 10.3 Å². The average molecular weight is 313 g/mol. The molecular formula is C15H27N3O2S. The molecule has 21 heavy (non-hydrogen) atoms. The molecule has 1 heterocycles. The summed E-state index contributed by atoms with van der Waals surface area (Å²) in [4.78, 5) is 8.35. The fourth-order valence-electron chi connectivity index (χ4n) is 2.13. The quantitative estimate of drug-likeness (QED) is 0.636. The molecule has 1 aromatic rings. The molecule has 6 heteroatoms. The second-order valence-corrected chi connectivity index (χ2v) is 6.29. The molecule has 0 aliphatic heterocycles. The molecule has 2 rings (SSSR count). The van der Waals surface area contributed by atoms with Crippen LogP contribution in [0.2, 0.25) is 0 Å². The third-order valence-electron chi connectivity index (χ3n) is 3.54. The molecule has 0 bridgehead atoms. The minimum absolute atomic E-state index is 0.585. The second-order valence-electron chi connectivity index (χ2n) is 5.23. The molecule has 1 aliphatic rings. The van der Waals surface area contributed by atoms with Crippen LogP contribution in [-0.2, 0) is 22.6 Å². The van der Waals surface area contributed by atoms with Gasteiger partial charge in [0.15, 0.2) is 5.13 Å². The largest absolute Gasteiger partial charge is 0.380 e. The summed E-state index contributed by atoms with van der Waals surface area (Å²) >= 11 is 1.78. The molecule has 0 amide bonds. The van der Waals surface area contributed by atoms with E-state index >= 15 is 0 Å². The molecule has 1 aromatic heterocycles. The molecule has 120 valence electrons. The Kier molecular flexibility index (Phi) is 6.89. The van der Waals surface area contributed by atoms with E-state index in [1.54, 1.807) is 18.4 Å². The topological polar surface area (TPSA) is 46.6 Å². The van der Waals surface area contributed by atoms with Crippen LogP contribution in [0.25, 0.3) is 0 Å². The van der Waals surface area contributed by atoms with Gasteiger partial charge in [-0.25, -0.2) is 4.98 Å². The van der Waals surface area contributed by atoms with E-state index in [1.807, 2.05) is 6.92 Å². The van der Waals surface area contributed by atoms with Gasteiger partial charge in [0, 0.05) is 44.3 Å². The molecular weight excluding hydrogens is 286 g/mol. The van der Waals surface area contributed by atoms with E-state index in [4.69, 9.17) is 14.5 Å². The van der Waals surface area contributed by atoms with Gasteiger partial charge >= 0.3 is 0 Å². The third-order valence-corrected chi connectivity index (χ3v) is 4.70. The van der Waals surface area contributed by atoms with Gasteiger partial charge in [0.05, 0.1) is 18.9 Å². The Morgan fingerprint density at radius 3 is 2.81 bits per heavy atom. The molecule has 0 saturated heterocycles. The number of nitrogens with one attached hydrogen (secondary N) is 1. The summed E-state index contributed by atoms with van der Waals surface area (Å²) in [6.07, 6.45) is 2.61. The van der Waals surface area contributed by atoms with Crippen LogP contribution in [-0.4, -0.2) is 44.4 Å². The number of aromatic nitrogens is 1. The van der Waals surface area contributed by atoms with Crippen molar-refractivity contribution in [2.45, 2.75) is 45.9 Å². The lowest BCUT2D eigenvalue weighted by Gasteiger charge is -2.19. The number of nitrogens with zero attached hydrogens (tertiary/aromatic N) is 2. The van der Waals surface area contributed by atoms with Crippen molar-refractivity contribution in [3.8, 4) is 0 Å². The van der Waals surface area contributed by atoms with Crippen molar-refractivity contribution in [1.29, 1.82) is 0 Å². The van der Waals surface area contributed by atoms with E-state index in [-0.39, 0.29) is 0 Å². The molecule has 0 aromatic carbocycles. The maximum absolute atomic E-state index is 5.46. The van der Waals surface area contributed by atoms with Crippen LogP contribution in [0.1, 0.15) is 37.3 Å². The highest BCUT2D eigenvalue weighted by Crippen LogP contribution is 2.28. The van der Waals surface area contributed by atoms with Crippen molar-refractivity contribution in [2.75, 3.05) is 38.3 Å². The number of anilines is 1. The molecule has 5 nitrogen and oxygen atoms in total. The van der Waals surface area contributed by atoms with E-state index in [0.717, 1.165) is 43.7 Å². The van der Waals surface area contributed by atoms with Gasteiger partial charge in [0.25, 0.3) is 0 Å². The van der Waals surface area contributed by atoms with Gasteiger partial charge in [-0.2, -0.15) is 0 Å². The van der Waals surface area contributed by atoms with Crippen LogP contribution in [0, 0.1) is 0 Å². The highest BCUT2D eigenvalue weighted by Gasteiger charge is 2.22. The molecule has 1 N–H and O–H groups in total. The number of ether oxygens (including phenoxy) is 2. The maximum Gasteiger partial charge on any atom is 0.185 e. The zero-order valence-electron chi connectivity index (χ0n) is 13.4. The zero-order chi connectivity index (χ0) is 15.1. The number of hydrogen-bond acceptors (Lipinski definition) is 6. The Balaban J connectivity index is 2.00. The number of thiazole rings is 1. The minimum Gasteiger partial charge on any atom is -0.380 e. The van der Waals surface area contributed by atoms with Crippen molar-refractivity contribution in [3.05, 3.63) is 10.6 Å². The molecule has 1 aliphatic carbocycles. The van der Waals surface area contributed by atoms with Gasteiger partial charge < -0.3 is 19.7 Å². The molecule has 0 unspecified atom stereocenters. The minimum atomic E-state index is 0.585. The van der Waals surface area contributed by atoms with E-state index in [9.17, 15) is 0 Å². The van der Waals surface area contributed by atoms with Crippen LogP contribution in [0.3, 0.4) is 0 Å². The molecule has 0 spiro atoms. The zero-order valence-corrected chi connectivity index (χ0v) is 14.2. The predicted octanol–water partition coefficient (Wildman–Crippen LogP) is 2.40. The van der Waals surface area contributed by atoms with Gasteiger partial charge in [0.1, 0.15) is 0 Å². The first-order chi connectivity index (χ1) is 10.3. The van der Waals surface area contributed by atoms with Gasteiger partial charge in [-0.15, -0.1) is 11.3 Å². The van der Waals surface area contributed by atoms with E-state index in [1.165, 1.54) is 17.7 Å². The Bertz CT molecular complexity index is 421. The first-order valence-corrected chi connectivity index (χ1v) is 8.63. The van der Waals surface area contributed by atoms with Gasteiger partial charge in [0.2, 0.25) is 0 Å². The van der Waals surface area contributed by atoms with Crippen LogP contribution in [0.4, 0.5) is 5.13 Å². The summed E-state index contributed by atoms with van der Waals surface area (Å²) in [6.45, 7) is 9.02. The predicted molar refractivity (Wildman–Crippen MR) is 87.1 cm³/mol. The monoisotopic (exact) mass is 313 g/mol. The van der Waals surface area contributed by atoms with Crippen LogP contribution < -0.4 is 10.2 Å². The average Bonchev–Trinajstić information content (AvgIpc) is 3.23. The maximum atomic E-state index is 5.46. The summed E-state index contributed by atoms with van der Waals surface area (Å²) in [5.74, 6) is 0. The highest BCUT2D eigenvalue weighted by atomic mass is 32.1. The summed E-state index contributed by atoms with van der Waals surface area (Å²) in [5, 5.41) is 4.65. The Labute approximate surface area is 131 Å². The van der Waals surface area contributed by atoms with Crippen molar-refractivity contribution >= 4 is 16.5 Å². The van der Waals surface area contributed by atoms with Gasteiger partial charge in [-0.3, -0.25) is 0 Å². The molecule has 0 radical (unpaired) electrons. The van der Waals surface area contributed by atoms with E-state index in [2.05, 4.69) is 17.1 Å². The number of methoxy groups -OCH3 is 1. The van der Waals surface area contributed by atoms with Gasteiger partial charge in [-0.1, -0.05) is 0 Å². The number of hydrogen-bond donors (Lipinski definition) is 1. The molecule has 1 saturated carbocycles. The Hall–Kier alpha value is -0.690. The van der Waals surface area contributed by atoms with Crippen LogP contribution in [0.5, 0.6) is 0 Å². The van der Waals surface area contributed by atoms with E-state index < -0.39 is 0 Å². The fraction of sp³-hybridized carbons (Fsp3) is 0.800. The van der Waals surface area contributed by atoms with Crippen molar-refractivity contribution in [2.24, 2.45) is 0 Å². The number of rotatable bonds is 11. The second kappa shape index (κ2) is 8.68. The first-order valence-electron chi connectivity index (χ1n) is 7.82. The lowest BCUT2D eigenvalue weighted by atomic mass is 10.3. The van der Waals surface area contributed by atoms with Gasteiger partial charge in [-0.05, 0) is 26.7 Å². The molecule has 1 fully saturated rings. The van der Waals surface area contributed by atoms with Crippen LogP contribution in [0.15, 0.2) is 0 Å². The summed E-state index contributed by atoms with van der Waals surface area (Å²) in [6, 6.07) is 0.714. The van der Waals surface area contributed by atoms with Crippen molar-refractivity contribution < 1.29 is 9.47 Å². The summed E-state index contributed by atoms with van der Waals surface area (Å²) in [5.41, 5.74) is 1.07. The summed E-state index contributed by atoms with van der Waals surface area (Å²) < 4.78 is 10.7. The lowest BCUT2D eigenvalue weighted by molar-refractivity contribution is 0.154. The van der Waals surface area contributed by atoms with Crippen LogP contribution >= 0.6 is 11.3 Å². The Morgan fingerprint density at radius 2 is 2.19 bits per heavy atom.